The van der Waals surface area contributed by atoms with Crippen LogP contribution in [0.5, 0.6) is 0 Å². The van der Waals surface area contributed by atoms with E-state index < -0.39 is 39.7 Å². The molecule has 1 unspecified atom stereocenters. The number of alkyl halides is 6. The molecule has 0 aliphatic carbocycles. The van der Waals surface area contributed by atoms with Crippen LogP contribution in [0.15, 0.2) is 77.7 Å². The fraction of sp³-hybridized carbons (Fsp3) is 0.405. The number of hydrogen-bond donors (Lipinski definition) is 1. The Morgan fingerprint density at radius 1 is 0.922 bits per heavy atom. The number of fused-ring (bicyclic) bond motifs is 1. The van der Waals surface area contributed by atoms with E-state index in [1.165, 1.54) is 60.7 Å². The molecule has 2 aliphatic rings. The van der Waals surface area contributed by atoms with E-state index >= 15 is 0 Å². The van der Waals surface area contributed by atoms with E-state index in [1.54, 1.807) is 0 Å². The van der Waals surface area contributed by atoms with Crippen molar-refractivity contribution in [2.75, 3.05) is 25.9 Å². The van der Waals surface area contributed by atoms with Crippen molar-refractivity contribution in [3.8, 4) is 11.3 Å². The molecule has 14 heteroatoms. The number of rotatable bonds is 8. The number of pyridine rings is 1. The van der Waals surface area contributed by atoms with Crippen molar-refractivity contribution in [1.82, 2.24) is 20.1 Å². The summed E-state index contributed by atoms with van der Waals surface area (Å²) in [7, 11) is -3.85. The van der Waals surface area contributed by atoms with Crippen molar-refractivity contribution in [2.45, 2.75) is 74.5 Å². The third-order valence-corrected chi connectivity index (χ3v) is 11.0. The first-order valence-corrected chi connectivity index (χ1v) is 18.6. The van der Waals surface area contributed by atoms with E-state index in [4.69, 9.17) is 0 Å². The van der Waals surface area contributed by atoms with Gasteiger partial charge in [0.25, 0.3) is 5.91 Å². The van der Waals surface area contributed by atoms with Gasteiger partial charge < -0.3 is 5.32 Å². The second-order valence-electron chi connectivity index (χ2n) is 13.4. The Morgan fingerprint density at radius 2 is 1.63 bits per heavy atom. The number of hydrogen-bond acceptors (Lipinski definition) is 6. The molecule has 1 amide bonds. The minimum atomic E-state index is -4.92. The lowest BCUT2D eigenvalue weighted by atomic mass is 9.93. The Kier molecular flexibility index (Phi) is 10.2. The number of halogens is 6. The van der Waals surface area contributed by atoms with E-state index in [2.05, 4.69) is 22.1 Å². The Balaban J connectivity index is 1.53. The minimum Gasteiger partial charge on any atom is -0.337 e. The molecule has 2 saturated heterocycles. The number of nitrogens with zero attached hydrogens (tertiary/aromatic N) is 3. The summed E-state index contributed by atoms with van der Waals surface area (Å²) in [4.78, 5) is 23.4. The van der Waals surface area contributed by atoms with E-state index in [0.29, 0.717) is 25.2 Å². The van der Waals surface area contributed by atoms with E-state index in [0.717, 1.165) is 50.6 Å². The lowest BCUT2D eigenvalue weighted by Gasteiger charge is -2.39. The molecule has 0 radical (unpaired) electrons. The van der Waals surface area contributed by atoms with Gasteiger partial charge in [0.2, 0.25) is 0 Å². The summed E-state index contributed by atoms with van der Waals surface area (Å²) in [6, 6.07) is 13.3. The normalized spacial score (nSPS) is 19.0. The van der Waals surface area contributed by atoms with Crippen LogP contribution < -0.4 is 5.32 Å². The van der Waals surface area contributed by atoms with Gasteiger partial charge >= 0.3 is 12.4 Å². The molecule has 4 aromatic rings. The maximum atomic E-state index is 14.6. The summed E-state index contributed by atoms with van der Waals surface area (Å²) in [5, 5.41) is 2.10. The molecule has 6 rings (SSSR count). The van der Waals surface area contributed by atoms with Crippen LogP contribution in [0.3, 0.4) is 0 Å². The molecule has 7 nitrogen and oxygen atoms in total. The Hall–Kier alpha value is -4.01. The summed E-state index contributed by atoms with van der Waals surface area (Å²) in [5.74, 6) is -1.16. The number of aromatic nitrogens is 1. The highest BCUT2D eigenvalue weighted by molar-refractivity contribution is 7.90. The predicted octanol–water partition coefficient (Wildman–Crippen LogP) is 7.81. The monoisotopic (exact) mass is 732 g/mol. The van der Waals surface area contributed by atoms with Crippen LogP contribution in [-0.4, -0.2) is 73.3 Å². The number of benzene rings is 3. The van der Waals surface area contributed by atoms with Gasteiger partial charge in [-0.25, -0.2) is 13.4 Å². The molecule has 3 heterocycles. The molecule has 0 bridgehead atoms. The Bertz CT molecular complexity index is 2010. The van der Waals surface area contributed by atoms with Crippen LogP contribution in [-0.2, 0) is 22.6 Å². The summed E-state index contributed by atoms with van der Waals surface area (Å²) in [6.07, 6.45) is -4.88. The number of sulfone groups is 1. The van der Waals surface area contributed by atoms with Gasteiger partial charge in [0.05, 0.1) is 27.2 Å². The third-order valence-electron chi connectivity index (χ3n) is 9.92. The van der Waals surface area contributed by atoms with Crippen molar-refractivity contribution in [2.24, 2.45) is 0 Å². The molecular weight excluding hydrogens is 694 g/mol. The first kappa shape index (κ1) is 36.8. The lowest BCUT2D eigenvalue weighted by Crippen LogP contribution is -2.46. The van der Waals surface area contributed by atoms with Gasteiger partial charge in [0.15, 0.2) is 15.9 Å². The fourth-order valence-corrected chi connectivity index (χ4v) is 7.99. The lowest BCUT2D eigenvalue weighted by molar-refractivity contribution is -0.155. The van der Waals surface area contributed by atoms with Crippen LogP contribution in [0.4, 0.5) is 26.3 Å². The SMILES string of the molecule is C[C@@H]1CCCN1C1CCN(Cc2c(-c3cccc(C(F)(F)F)c3)nc3ccc(S(C)(=O)=O)cc3c2C(=O)NC(c2ccccc2)C(F)(F)F)CC1. The van der Waals surface area contributed by atoms with Gasteiger partial charge in [0, 0.05) is 41.4 Å². The van der Waals surface area contributed by atoms with Gasteiger partial charge in [-0.1, -0.05) is 42.5 Å². The molecule has 2 aliphatic heterocycles. The largest absolute Gasteiger partial charge is 0.416 e. The molecule has 1 N–H and O–H groups in total. The van der Waals surface area contributed by atoms with Crippen LogP contribution in [0.2, 0.25) is 0 Å². The van der Waals surface area contributed by atoms with E-state index in [9.17, 15) is 39.6 Å². The second-order valence-corrected chi connectivity index (χ2v) is 15.5. The summed E-state index contributed by atoms with van der Waals surface area (Å²) < 4.78 is 111. The zero-order chi connectivity index (χ0) is 36.7. The maximum absolute atomic E-state index is 14.6. The quantitative estimate of drug-likeness (QED) is 0.186. The number of carbonyl (C=O) groups excluding carboxylic acids is 1. The molecule has 51 heavy (non-hydrogen) atoms. The minimum absolute atomic E-state index is 0.00980. The Morgan fingerprint density at radius 3 is 2.24 bits per heavy atom. The summed E-state index contributed by atoms with van der Waals surface area (Å²) in [5.41, 5.74) is -1.33. The zero-order valence-electron chi connectivity index (χ0n) is 28.1. The fourth-order valence-electron chi connectivity index (χ4n) is 7.34. The first-order valence-electron chi connectivity index (χ1n) is 16.8. The molecule has 0 saturated carbocycles. The number of nitrogens with one attached hydrogen (secondary N) is 1. The van der Waals surface area contributed by atoms with Gasteiger partial charge in [-0.05, 0) is 88.1 Å². The second kappa shape index (κ2) is 14.2. The average Bonchev–Trinajstić information content (AvgIpc) is 3.51. The van der Waals surface area contributed by atoms with Crippen molar-refractivity contribution >= 4 is 26.6 Å². The van der Waals surface area contributed by atoms with Gasteiger partial charge in [-0.2, -0.15) is 26.3 Å². The number of piperidine rings is 1. The standard InChI is InChI=1S/C37H38F6N4O3S/c1-23-8-7-17-47(23)27-15-18-46(19-16-27)22-30-32(35(48)45-34(37(41,42)43)24-9-4-3-5-10-24)29-21-28(51(2,49)50)13-14-31(29)44-33(30)25-11-6-12-26(20-25)36(38,39)40/h3-6,9-14,20-21,23,27,34H,7-8,15-19,22H2,1-2H3,(H,45,48)/t23-,34?/m1/s1. The Labute approximate surface area is 292 Å². The van der Waals surface area contributed by atoms with Gasteiger partial charge in [-0.3, -0.25) is 14.6 Å². The van der Waals surface area contributed by atoms with Crippen LogP contribution >= 0.6 is 0 Å². The highest BCUT2D eigenvalue weighted by atomic mass is 32.2. The molecule has 3 aromatic carbocycles. The van der Waals surface area contributed by atoms with Crippen molar-refractivity contribution in [3.05, 3.63) is 95.1 Å². The molecule has 2 fully saturated rings. The molecule has 0 spiro atoms. The van der Waals surface area contributed by atoms with Gasteiger partial charge in [0.1, 0.15) is 0 Å². The molecule has 272 valence electrons. The van der Waals surface area contributed by atoms with Crippen molar-refractivity contribution in [1.29, 1.82) is 0 Å². The van der Waals surface area contributed by atoms with Crippen LogP contribution in [0.1, 0.15) is 65.7 Å². The van der Waals surface area contributed by atoms with Crippen LogP contribution in [0, 0.1) is 0 Å². The summed E-state index contributed by atoms with van der Waals surface area (Å²) in [6.45, 7) is 4.29. The molecule has 2 atom stereocenters. The number of likely N-dealkylation sites (tertiary alicyclic amines) is 2. The topological polar surface area (TPSA) is 82.6 Å². The zero-order valence-corrected chi connectivity index (χ0v) is 28.9. The number of carbonyl (C=O) groups is 1. The molecule has 1 aromatic heterocycles. The highest BCUT2D eigenvalue weighted by Crippen LogP contribution is 2.38. The third kappa shape index (κ3) is 8.07. The van der Waals surface area contributed by atoms with E-state index in [-0.39, 0.29) is 50.3 Å². The molecular formula is C37H38F6N4O3S. The maximum Gasteiger partial charge on any atom is 0.416 e. The van der Waals surface area contributed by atoms with Gasteiger partial charge in [-0.15, -0.1) is 0 Å². The van der Waals surface area contributed by atoms with Crippen molar-refractivity contribution in [3.63, 3.8) is 0 Å². The smallest absolute Gasteiger partial charge is 0.337 e. The van der Waals surface area contributed by atoms with Crippen molar-refractivity contribution < 1.29 is 39.6 Å². The number of amides is 1. The first-order chi connectivity index (χ1) is 24.0. The summed E-state index contributed by atoms with van der Waals surface area (Å²) >= 11 is 0. The van der Waals surface area contributed by atoms with Crippen LogP contribution in [0.25, 0.3) is 22.2 Å². The van der Waals surface area contributed by atoms with E-state index in [1.807, 2.05) is 4.90 Å². The highest BCUT2D eigenvalue weighted by Gasteiger charge is 2.43. The average molecular weight is 733 g/mol. The predicted molar refractivity (Wildman–Crippen MR) is 182 cm³/mol.